The van der Waals surface area contributed by atoms with Crippen LogP contribution >= 0.6 is 24.0 Å². The molecule has 2 heterocycles. The zero-order valence-corrected chi connectivity index (χ0v) is 18.7. The molecule has 1 aromatic carbocycles. The summed E-state index contributed by atoms with van der Waals surface area (Å²) < 4.78 is 5.74. The summed E-state index contributed by atoms with van der Waals surface area (Å²) in [5, 5.41) is 0. The highest BCUT2D eigenvalue weighted by atomic mass is 32.2. The number of thioether (sulfide) groups is 1. The van der Waals surface area contributed by atoms with E-state index in [0.717, 1.165) is 30.3 Å². The number of hydrogen-bond acceptors (Lipinski definition) is 7. The van der Waals surface area contributed by atoms with Gasteiger partial charge >= 0.3 is 5.97 Å². The van der Waals surface area contributed by atoms with E-state index in [-0.39, 0.29) is 11.9 Å². The Balaban J connectivity index is 1.98. The summed E-state index contributed by atoms with van der Waals surface area (Å²) >= 11 is 6.62. The highest BCUT2D eigenvalue weighted by molar-refractivity contribution is 8.26. The van der Waals surface area contributed by atoms with Crippen LogP contribution in [-0.4, -0.2) is 47.3 Å². The molecular weight excluding hydrogens is 406 g/mol. The van der Waals surface area contributed by atoms with Gasteiger partial charge in [0, 0.05) is 19.6 Å². The van der Waals surface area contributed by atoms with Crippen molar-refractivity contribution in [2.75, 3.05) is 36.0 Å². The third kappa shape index (κ3) is 3.91. The summed E-state index contributed by atoms with van der Waals surface area (Å²) in [5.74, 6) is 0.591. The number of rotatable bonds is 6. The SMILES string of the molecule is CCOC(=O)c1ccc2c(c1)N(CC)C(=CC=C1SC(=S)N(CC)C1=O)N2CC. The lowest BCUT2D eigenvalue weighted by Gasteiger charge is -2.23. The molecule has 6 nitrogen and oxygen atoms in total. The molecule has 0 aromatic heterocycles. The highest BCUT2D eigenvalue weighted by Crippen LogP contribution is 2.42. The van der Waals surface area contributed by atoms with Crippen LogP contribution in [0.15, 0.2) is 41.1 Å². The van der Waals surface area contributed by atoms with E-state index in [2.05, 4.69) is 23.6 Å². The smallest absolute Gasteiger partial charge is 0.338 e. The maximum atomic E-state index is 12.5. The van der Waals surface area contributed by atoms with E-state index in [9.17, 15) is 9.59 Å². The fourth-order valence-electron chi connectivity index (χ4n) is 3.48. The van der Waals surface area contributed by atoms with Crippen LogP contribution in [0.3, 0.4) is 0 Å². The molecule has 8 heteroatoms. The molecule has 1 fully saturated rings. The van der Waals surface area contributed by atoms with Crippen molar-refractivity contribution >= 4 is 51.6 Å². The topological polar surface area (TPSA) is 53.1 Å². The number of fused-ring (bicyclic) bond motifs is 1. The number of likely N-dealkylation sites (N-methyl/N-ethyl adjacent to an activating group) is 1. The Morgan fingerprint density at radius 2 is 1.69 bits per heavy atom. The van der Waals surface area contributed by atoms with Gasteiger partial charge in [0.05, 0.1) is 28.5 Å². The monoisotopic (exact) mass is 431 g/mol. The van der Waals surface area contributed by atoms with Crippen molar-refractivity contribution in [3.63, 3.8) is 0 Å². The Kier molecular flexibility index (Phi) is 6.64. The summed E-state index contributed by atoms with van der Waals surface area (Å²) in [6, 6.07) is 5.62. The zero-order valence-electron chi connectivity index (χ0n) is 17.1. The highest BCUT2D eigenvalue weighted by Gasteiger charge is 2.32. The number of allylic oxidation sites excluding steroid dienone is 2. The number of thiocarbonyl (C=S) groups is 1. The van der Waals surface area contributed by atoms with Crippen LogP contribution in [-0.2, 0) is 9.53 Å². The lowest BCUT2D eigenvalue weighted by molar-refractivity contribution is -0.122. The van der Waals surface area contributed by atoms with Crippen molar-refractivity contribution < 1.29 is 14.3 Å². The summed E-state index contributed by atoms with van der Waals surface area (Å²) in [6.45, 7) is 10.3. The number of benzene rings is 1. The van der Waals surface area contributed by atoms with Gasteiger partial charge in [-0.15, -0.1) is 0 Å². The average Bonchev–Trinajstić information content (AvgIpc) is 3.17. The number of carbonyl (C=O) groups is 2. The van der Waals surface area contributed by atoms with Crippen molar-refractivity contribution in [3.05, 3.63) is 46.6 Å². The second kappa shape index (κ2) is 9.00. The summed E-state index contributed by atoms with van der Waals surface area (Å²) in [5.41, 5.74) is 2.52. The van der Waals surface area contributed by atoms with Crippen molar-refractivity contribution in [2.24, 2.45) is 0 Å². The molecule has 1 saturated heterocycles. The second-order valence-electron chi connectivity index (χ2n) is 6.39. The minimum Gasteiger partial charge on any atom is -0.462 e. The molecule has 3 rings (SSSR count). The van der Waals surface area contributed by atoms with E-state index >= 15 is 0 Å². The molecule has 0 atom stereocenters. The van der Waals surface area contributed by atoms with E-state index in [0.29, 0.717) is 27.9 Å². The molecule has 0 bridgehead atoms. The van der Waals surface area contributed by atoms with Gasteiger partial charge in [-0.2, -0.15) is 0 Å². The molecule has 0 saturated carbocycles. The third-order valence-electron chi connectivity index (χ3n) is 4.83. The molecule has 154 valence electrons. The van der Waals surface area contributed by atoms with Crippen LogP contribution in [0.5, 0.6) is 0 Å². The van der Waals surface area contributed by atoms with E-state index in [1.165, 1.54) is 11.8 Å². The van der Waals surface area contributed by atoms with Crippen LogP contribution in [0, 0.1) is 0 Å². The Morgan fingerprint density at radius 3 is 2.28 bits per heavy atom. The molecule has 0 radical (unpaired) electrons. The van der Waals surface area contributed by atoms with Crippen LogP contribution in [0.25, 0.3) is 0 Å². The van der Waals surface area contributed by atoms with Gasteiger partial charge in [0.2, 0.25) is 0 Å². The first kappa shape index (κ1) is 21.4. The number of anilines is 2. The first-order valence-electron chi connectivity index (χ1n) is 9.78. The van der Waals surface area contributed by atoms with Crippen molar-refractivity contribution in [2.45, 2.75) is 27.7 Å². The molecule has 0 unspecified atom stereocenters. The van der Waals surface area contributed by atoms with E-state index in [4.69, 9.17) is 17.0 Å². The molecule has 1 amide bonds. The lowest BCUT2D eigenvalue weighted by Crippen LogP contribution is -2.28. The molecular formula is C21H25N3O3S2. The van der Waals surface area contributed by atoms with Gasteiger partial charge in [-0.25, -0.2) is 4.79 Å². The second-order valence-corrected chi connectivity index (χ2v) is 8.06. The molecule has 0 aliphatic carbocycles. The summed E-state index contributed by atoms with van der Waals surface area (Å²) in [4.78, 5) is 31.2. The molecule has 2 aliphatic heterocycles. The number of nitrogens with zero attached hydrogens (tertiary/aromatic N) is 3. The fourth-order valence-corrected chi connectivity index (χ4v) is 4.81. The average molecular weight is 432 g/mol. The van der Waals surface area contributed by atoms with Crippen LogP contribution in [0.4, 0.5) is 11.4 Å². The standard InChI is InChI=1S/C21H25N3O3S2/c1-5-22-15-10-9-14(20(26)27-8-4)13-16(15)23(6-2)18(22)12-11-17-19(25)24(7-3)21(28)29-17/h9-13H,5-8H2,1-4H3. The molecule has 0 spiro atoms. The fraction of sp³-hybridized carbons (Fsp3) is 0.381. The maximum Gasteiger partial charge on any atom is 0.338 e. The van der Waals surface area contributed by atoms with Gasteiger partial charge < -0.3 is 14.5 Å². The molecule has 2 aliphatic rings. The van der Waals surface area contributed by atoms with Crippen LogP contribution in [0.1, 0.15) is 38.1 Å². The Bertz CT molecular complexity index is 910. The van der Waals surface area contributed by atoms with E-state index in [1.807, 2.05) is 31.2 Å². The summed E-state index contributed by atoms with van der Waals surface area (Å²) in [7, 11) is 0. The quantitative estimate of drug-likeness (QED) is 0.381. The minimum absolute atomic E-state index is 0.0504. The van der Waals surface area contributed by atoms with Gasteiger partial charge in [-0.3, -0.25) is 9.69 Å². The number of esters is 1. The maximum absolute atomic E-state index is 12.5. The van der Waals surface area contributed by atoms with Crippen LogP contribution in [0.2, 0.25) is 0 Å². The normalized spacial score (nSPS) is 19.0. The molecule has 0 N–H and O–H groups in total. The van der Waals surface area contributed by atoms with E-state index < -0.39 is 0 Å². The minimum atomic E-state index is -0.324. The van der Waals surface area contributed by atoms with Crippen molar-refractivity contribution in [1.82, 2.24) is 4.90 Å². The van der Waals surface area contributed by atoms with E-state index in [1.54, 1.807) is 17.9 Å². The molecule has 1 aromatic rings. The Labute approximate surface area is 181 Å². The number of amides is 1. The number of hydrogen-bond donors (Lipinski definition) is 0. The largest absolute Gasteiger partial charge is 0.462 e. The van der Waals surface area contributed by atoms with Crippen molar-refractivity contribution in [3.8, 4) is 0 Å². The Hall–Kier alpha value is -2.32. The predicted octanol–water partition coefficient (Wildman–Crippen LogP) is 4.14. The van der Waals surface area contributed by atoms with Gasteiger partial charge in [0.1, 0.15) is 10.1 Å². The van der Waals surface area contributed by atoms with Gasteiger partial charge in [0.25, 0.3) is 5.91 Å². The Morgan fingerprint density at radius 1 is 1.03 bits per heavy atom. The van der Waals surface area contributed by atoms with Gasteiger partial charge in [0.15, 0.2) is 0 Å². The van der Waals surface area contributed by atoms with Gasteiger partial charge in [-0.05, 0) is 58.0 Å². The number of carbonyl (C=O) groups excluding carboxylic acids is 2. The first-order valence-corrected chi connectivity index (χ1v) is 11.0. The zero-order chi connectivity index (χ0) is 21.1. The third-order valence-corrected chi connectivity index (χ3v) is 6.22. The van der Waals surface area contributed by atoms with Crippen LogP contribution < -0.4 is 9.80 Å². The molecule has 29 heavy (non-hydrogen) atoms. The lowest BCUT2D eigenvalue weighted by atomic mass is 10.1. The summed E-state index contributed by atoms with van der Waals surface area (Å²) in [6.07, 6.45) is 3.80. The number of ether oxygens (including phenoxy) is 1. The van der Waals surface area contributed by atoms with Gasteiger partial charge in [-0.1, -0.05) is 24.0 Å². The predicted molar refractivity (Wildman–Crippen MR) is 122 cm³/mol. The first-order chi connectivity index (χ1) is 14.0. The van der Waals surface area contributed by atoms with Crippen molar-refractivity contribution in [1.29, 1.82) is 0 Å².